The van der Waals surface area contributed by atoms with Crippen LogP contribution in [-0.4, -0.2) is 16.7 Å². The Balaban J connectivity index is 1.94. The first-order valence-corrected chi connectivity index (χ1v) is 7.99. The molecule has 1 aromatic heterocycles. The second kappa shape index (κ2) is 6.95. The zero-order chi connectivity index (χ0) is 16.2. The van der Waals surface area contributed by atoms with E-state index in [-0.39, 0.29) is 12.5 Å². The molecule has 2 nitrogen and oxygen atoms in total. The summed E-state index contributed by atoms with van der Waals surface area (Å²) in [5, 5.41) is 11.2. The summed E-state index contributed by atoms with van der Waals surface area (Å²) in [6.45, 7) is 2.15. The Morgan fingerprint density at radius 2 is 1.87 bits per heavy atom. The van der Waals surface area contributed by atoms with Crippen LogP contribution in [0.5, 0.6) is 0 Å². The summed E-state index contributed by atoms with van der Waals surface area (Å²) in [6, 6.07) is 17.8. The van der Waals surface area contributed by atoms with E-state index in [1.807, 2.05) is 67.6 Å². The van der Waals surface area contributed by atoms with Crippen LogP contribution < -0.4 is 0 Å². The summed E-state index contributed by atoms with van der Waals surface area (Å²) < 4.78 is 0. The molecule has 0 spiro atoms. The number of aliphatic hydroxyl groups is 1. The van der Waals surface area contributed by atoms with E-state index in [0.717, 1.165) is 27.7 Å². The largest absolute Gasteiger partial charge is 0.396 e. The lowest BCUT2D eigenvalue weighted by Crippen LogP contribution is -2.00. The molecular weight excluding hydrogens is 306 g/mol. The lowest BCUT2D eigenvalue weighted by atomic mass is 9.96. The van der Waals surface area contributed by atoms with E-state index in [9.17, 15) is 5.11 Å². The van der Waals surface area contributed by atoms with Gasteiger partial charge >= 0.3 is 0 Å². The summed E-state index contributed by atoms with van der Waals surface area (Å²) >= 11 is 6.03. The highest BCUT2D eigenvalue weighted by molar-refractivity contribution is 6.31. The van der Waals surface area contributed by atoms with Crippen LogP contribution in [0, 0.1) is 0 Å². The Morgan fingerprint density at radius 3 is 2.70 bits per heavy atom. The number of aromatic nitrogens is 1. The van der Waals surface area contributed by atoms with Crippen LogP contribution in [0.25, 0.3) is 23.1 Å². The molecule has 0 amide bonds. The van der Waals surface area contributed by atoms with E-state index in [0.29, 0.717) is 5.02 Å². The van der Waals surface area contributed by atoms with Crippen molar-refractivity contribution in [2.45, 2.75) is 12.8 Å². The molecule has 1 unspecified atom stereocenters. The summed E-state index contributed by atoms with van der Waals surface area (Å²) in [6.07, 6.45) is 4.03. The molecule has 0 saturated heterocycles. The molecule has 1 N–H and O–H groups in total. The first-order valence-electron chi connectivity index (χ1n) is 7.61. The van der Waals surface area contributed by atoms with Gasteiger partial charge in [-0.15, -0.1) is 0 Å². The van der Waals surface area contributed by atoms with Crippen LogP contribution in [0.4, 0.5) is 0 Å². The molecule has 0 radical (unpaired) electrons. The van der Waals surface area contributed by atoms with Crippen molar-refractivity contribution in [1.29, 1.82) is 0 Å². The van der Waals surface area contributed by atoms with Gasteiger partial charge in [-0.3, -0.25) is 0 Å². The Morgan fingerprint density at radius 1 is 1.09 bits per heavy atom. The molecule has 0 saturated carbocycles. The van der Waals surface area contributed by atoms with Gasteiger partial charge in [-0.1, -0.05) is 61.0 Å². The molecule has 0 aliphatic carbocycles. The van der Waals surface area contributed by atoms with Crippen molar-refractivity contribution in [3.8, 4) is 0 Å². The Kier molecular flexibility index (Phi) is 4.75. The Labute approximate surface area is 141 Å². The van der Waals surface area contributed by atoms with E-state index in [1.165, 1.54) is 0 Å². The third-order valence-electron chi connectivity index (χ3n) is 3.91. The normalized spacial score (nSPS) is 12.8. The number of rotatable bonds is 4. The lowest BCUT2D eigenvalue weighted by Gasteiger charge is -2.11. The number of hydrogen-bond donors (Lipinski definition) is 1. The number of nitrogens with zero attached hydrogens (tertiary/aromatic N) is 1. The van der Waals surface area contributed by atoms with Gasteiger partial charge in [-0.05, 0) is 35.4 Å². The molecule has 0 aliphatic rings. The van der Waals surface area contributed by atoms with Crippen molar-refractivity contribution in [3.05, 3.63) is 76.4 Å². The molecule has 3 aromatic rings. The zero-order valence-corrected chi connectivity index (χ0v) is 13.7. The fourth-order valence-electron chi connectivity index (χ4n) is 2.58. The van der Waals surface area contributed by atoms with Crippen LogP contribution in [0.3, 0.4) is 0 Å². The maximum Gasteiger partial charge on any atom is 0.0724 e. The van der Waals surface area contributed by atoms with Crippen molar-refractivity contribution < 1.29 is 5.11 Å². The molecule has 3 heteroatoms. The first-order chi connectivity index (χ1) is 11.2. The topological polar surface area (TPSA) is 33.1 Å². The van der Waals surface area contributed by atoms with E-state index in [2.05, 4.69) is 11.1 Å². The van der Waals surface area contributed by atoms with Gasteiger partial charge in [0.15, 0.2) is 0 Å². The average Bonchev–Trinajstić information content (AvgIpc) is 2.59. The van der Waals surface area contributed by atoms with Crippen LogP contribution in [0.1, 0.15) is 29.7 Å². The maximum absolute atomic E-state index is 9.39. The monoisotopic (exact) mass is 323 g/mol. The van der Waals surface area contributed by atoms with Crippen molar-refractivity contribution >= 4 is 34.7 Å². The molecule has 116 valence electrons. The van der Waals surface area contributed by atoms with Crippen LogP contribution in [0.15, 0.2) is 54.6 Å². The highest BCUT2D eigenvalue weighted by Crippen LogP contribution is 2.22. The number of halogens is 1. The fraction of sp³-hybridized carbons (Fsp3) is 0.150. The highest BCUT2D eigenvalue weighted by atomic mass is 35.5. The zero-order valence-electron chi connectivity index (χ0n) is 12.9. The van der Waals surface area contributed by atoms with Gasteiger partial charge in [0.1, 0.15) is 0 Å². The van der Waals surface area contributed by atoms with Gasteiger partial charge in [0.05, 0.1) is 11.2 Å². The molecule has 23 heavy (non-hydrogen) atoms. The number of aliphatic hydroxyl groups excluding tert-OH is 1. The lowest BCUT2D eigenvalue weighted by molar-refractivity contribution is 0.273. The fourth-order valence-corrected chi connectivity index (χ4v) is 2.75. The molecule has 1 atom stereocenters. The SMILES string of the molecule is CC(CO)c1ccccc1C=Cc1ccc2ccc(Cl)cc2n1. The molecule has 0 bridgehead atoms. The minimum absolute atomic E-state index is 0.110. The number of hydrogen-bond acceptors (Lipinski definition) is 2. The van der Waals surface area contributed by atoms with Gasteiger partial charge in [0, 0.05) is 22.9 Å². The van der Waals surface area contributed by atoms with Crippen molar-refractivity contribution in [2.24, 2.45) is 0 Å². The van der Waals surface area contributed by atoms with E-state index >= 15 is 0 Å². The van der Waals surface area contributed by atoms with Crippen LogP contribution in [-0.2, 0) is 0 Å². The second-order valence-electron chi connectivity index (χ2n) is 5.62. The summed E-state index contributed by atoms with van der Waals surface area (Å²) in [5.74, 6) is 0.110. The third kappa shape index (κ3) is 3.61. The smallest absolute Gasteiger partial charge is 0.0724 e. The van der Waals surface area contributed by atoms with Gasteiger partial charge in [0.2, 0.25) is 0 Å². The molecular formula is C20H18ClNO. The number of benzene rings is 2. The number of fused-ring (bicyclic) bond motifs is 1. The summed E-state index contributed by atoms with van der Waals surface area (Å²) in [7, 11) is 0. The first kappa shape index (κ1) is 15.7. The highest BCUT2D eigenvalue weighted by Gasteiger charge is 2.07. The standard InChI is InChI=1S/C20H18ClNO/c1-14(13-23)19-5-3-2-4-15(19)7-10-18-11-8-16-6-9-17(21)12-20(16)22-18/h2-12,14,23H,13H2,1H3. The van der Waals surface area contributed by atoms with Gasteiger partial charge in [-0.25, -0.2) is 4.98 Å². The summed E-state index contributed by atoms with van der Waals surface area (Å²) in [5.41, 5.74) is 4.00. The van der Waals surface area contributed by atoms with E-state index in [4.69, 9.17) is 11.6 Å². The minimum atomic E-state index is 0.110. The molecule has 1 heterocycles. The van der Waals surface area contributed by atoms with Crippen LogP contribution in [0.2, 0.25) is 5.02 Å². The quantitative estimate of drug-likeness (QED) is 0.720. The molecule has 0 fully saturated rings. The van der Waals surface area contributed by atoms with E-state index < -0.39 is 0 Å². The predicted molar refractivity (Wildman–Crippen MR) is 97.6 cm³/mol. The average molecular weight is 324 g/mol. The third-order valence-corrected chi connectivity index (χ3v) is 4.15. The number of pyridine rings is 1. The van der Waals surface area contributed by atoms with Crippen molar-refractivity contribution in [1.82, 2.24) is 4.98 Å². The van der Waals surface area contributed by atoms with Gasteiger partial charge in [0.25, 0.3) is 0 Å². The van der Waals surface area contributed by atoms with Crippen molar-refractivity contribution in [2.75, 3.05) is 6.61 Å². The van der Waals surface area contributed by atoms with Gasteiger partial charge in [-0.2, -0.15) is 0 Å². The van der Waals surface area contributed by atoms with Crippen molar-refractivity contribution in [3.63, 3.8) is 0 Å². The Hall–Kier alpha value is -2.16. The summed E-state index contributed by atoms with van der Waals surface area (Å²) in [4.78, 5) is 4.63. The minimum Gasteiger partial charge on any atom is -0.396 e. The molecule has 3 rings (SSSR count). The maximum atomic E-state index is 9.39. The van der Waals surface area contributed by atoms with E-state index in [1.54, 1.807) is 0 Å². The second-order valence-corrected chi connectivity index (χ2v) is 6.06. The predicted octanol–water partition coefficient (Wildman–Crippen LogP) is 5.15. The van der Waals surface area contributed by atoms with Gasteiger partial charge < -0.3 is 5.11 Å². The Bertz CT molecular complexity index is 857. The van der Waals surface area contributed by atoms with Crippen LogP contribution >= 0.6 is 11.6 Å². The molecule has 2 aromatic carbocycles. The molecule has 0 aliphatic heterocycles.